The summed E-state index contributed by atoms with van der Waals surface area (Å²) >= 11 is 0. The average molecular weight is 940 g/mol. The fraction of sp³-hybridized carbons (Fsp3) is 0.0137. The minimum Gasteiger partial charge on any atom is -0.310 e. The monoisotopic (exact) mass is 939 g/mol. The molecule has 1 aliphatic rings. The van der Waals surface area contributed by atoms with Crippen molar-refractivity contribution >= 4 is 49.4 Å². The van der Waals surface area contributed by atoms with Gasteiger partial charge in [-0.05, 0) is 153 Å². The predicted octanol–water partition coefficient (Wildman–Crippen LogP) is 19.6. The molecule has 13 aromatic rings. The molecule has 0 radical (unpaired) electrons. The third-order valence-corrected chi connectivity index (χ3v) is 15.5. The van der Waals surface area contributed by atoms with Crippen LogP contribution in [0.25, 0.3) is 88.0 Å². The van der Waals surface area contributed by atoms with Gasteiger partial charge in [-0.3, -0.25) is 0 Å². The standard InChI is InChI=1S/C73H49N/c1-5-22-52(23-6-1)71-67-36-16-15-34-63(67)64-45-41-55(48-68(64)72(71)53-24-7-2-8-25-53)54-27-19-32-59(47-54)74(58-42-39-51(40-43-58)62-37-20-26-50-21-13-14-33-61(50)62)60-44-46-66-65-35-17-18-38-69(65)73(70(66)49-60,56-28-9-3-10-29-56)57-30-11-4-12-31-57/h1-49H. The molecular weight excluding hydrogens is 891 g/mol. The summed E-state index contributed by atoms with van der Waals surface area (Å²) in [6, 6.07) is 110. The summed E-state index contributed by atoms with van der Waals surface area (Å²) in [5.41, 5.74) is 19.9. The SMILES string of the molecule is c1ccc(-c2c(-c3ccccc3)c3cc(-c4cccc(N(c5ccc(-c6cccc7ccccc67)cc5)c5ccc6c(c5)C(c5ccccc5)(c5ccccc5)c5ccccc5-6)c4)ccc3c3ccccc23)cc1. The minimum atomic E-state index is -0.541. The molecule has 0 atom stereocenters. The van der Waals surface area contributed by atoms with Gasteiger partial charge in [0.1, 0.15) is 0 Å². The quantitative estimate of drug-likeness (QED) is 0.130. The maximum Gasteiger partial charge on any atom is 0.0714 e. The van der Waals surface area contributed by atoms with Gasteiger partial charge in [-0.2, -0.15) is 0 Å². The molecule has 14 rings (SSSR count). The van der Waals surface area contributed by atoms with E-state index in [1.54, 1.807) is 0 Å². The van der Waals surface area contributed by atoms with Gasteiger partial charge in [0.25, 0.3) is 0 Å². The van der Waals surface area contributed by atoms with Crippen LogP contribution in [0, 0.1) is 0 Å². The second-order valence-electron chi connectivity index (χ2n) is 19.5. The van der Waals surface area contributed by atoms with Gasteiger partial charge in [0.05, 0.1) is 5.41 Å². The first-order valence-electron chi connectivity index (χ1n) is 25.7. The number of hydrogen-bond donors (Lipinski definition) is 0. The van der Waals surface area contributed by atoms with Gasteiger partial charge < -0.3 is 4.90 Å². The fourth-order valence-electron chi connectivity index (χ4n) is 12.3. The Balaban J connectivity index is 0.983. The van der Waals surface area contributed by atoms with Crippen molar-refractivity contribution in [2.24, 2.45) is 0 Å². The van der Waals surface area contributed by atoms with E-state index in [1.807, 2.05) is 0 Å². The Bertz CT molecular complexity index is 4170. The normalized spacial score (nSPS) is 12.4. The van der Waals surface area contributed by atoms with Gasteiger partial charge in [-0.25, -0.2) is 0 Å². The molecule has 0 unspecified atom stereocenters. The molecule has 74 heavy (non-hydrogen) atoms. The lowest BCUT2D eigenvalue weighted by Crippen LogP contribution is -2.28. The molecule has 1 nitrogen and oxygen atoms in total. The first-order valence-corrected chi connectivity index (χ1v) is 25.7. The summed E-state index contributed by atoms with van der Waals surface area (Å²) < 4.78 is 0. The first-order chi connectivity index (χ1) is 36.7. The van der Waals surface area contributed by atoms with Crippen molar-refractivity contribution in [3.63, 3.8) is 0 Å². The average Bonchev–Trinajstić information content (AvgIpc) is 3.78. The Kier molecular flexibility index (Phi) is 10.5. The van der Waals surface area contributed by atoms with Crippen molar-refractivity contribution in [1.29, 1.82) is 0 Å². The molecule has 1 heteroatoms. The Morgan fingerprint density at radius 3 is 1.42 bits per heavy atom. The lowest BCUT2D eigenvalue weighted by Gasteiger charge is -2.35. The molecule has 0 saturated carbocycles. The summed E-state index contributed by atoms with van der Waals surface area (Å²) in [7, 11) is 0. The van der Waals surface area contributed by atoms with Gasteiger partial charge in [0.2, 0.25) is 0 Å². The third kappa shape index (κ3) is 7.00. The molecular formula is C73H49N. The molecule has 0 spiro atoms. The van der Waals surface area contributed by atoms with Crippen molar-refractivity contribution < 1.29 is 0 Å². The Morgan fingerprint density at radius 2 is 0.703 bits per heavy atom. The van der Waals surface area contributed by atoms with Crippen molar-refractivity contribution in [1.82, 2.24) is 0 Å². The minimum absolute atomic E-state index is 0.541. The Hall–Kier alpha value is -9.56. The van der Waals surface area contributed by atoms with Gasteiger partial charge in [0.15, 0.2) is 0 Å². The Labute approximate surface area is 432 Å². The van der Waals surface area contributed by atoms with Crippen molar-refractivity contribution in [3.05, 3.63) is 320 Å². The lowest BCUT2D eigenvalue weighted by molar-refractivity contribution is 0.768. The summed E-state index contributed by atoms with van der Waals surface area (Å²) in [6.45, 7) is 0. The van der Waals surface area contributed by atoms with Crippen molar-refractivity contribution in [3.8, 4) is 55.6 Å². The second kappa shape index (κ2) is 17.9. The molecule has 0 heterocycles. The van der Waals surface area contributed by atoms with Crippen LogP contribution < -0.4 is 4.90 Å². The van der Waals surface area contributed by atoms with Crippen LogP contribution in [0.2, 0.25) is 0 Å². The summed E-state index contributed by atoms with van der Waals surface area (Å²) in [4.78, 5) is 2.46. The molecule has 13 aromatic carbocycles. The molecule has 0 aliphatic heterocycles. The highest BCUT2D eigenvalue weighted by atomic mass is 15.1. The van der Waals surface area contributed by atoms with Crippen LogP contribution in [0.15, 0.2) is 297 Å². The van der Waals surface area contributed by atoms with E-state index >= 15 is 0 Å². The largest absolute Gasteiger partial charge is 0.310 e. The topological polar surface area (TPSA) is 3.24 Å². The molecule has 0 bridgehead atoms. The van der Waals surface area contributed by atoms with Crippen LogP contribution >= 0.6 is 0 Å². The number of rotatable bonds is 9. The van der Waals surface area contributed by atoms with E-state index in [2.05, 4.69) is 302 Å². The zero-order valence-corrected chi connectivity index (χ0v) is 40.7. The number of anilines is 3. The highest BCUT2D eigenvalue weighted by Gasteiger charge is 2.46. The molecule has 0 N–H and O–H groups in total. The molecule has 0 saturated heterocycles. The number of nitrogens with zero attached hydrogens (tertiary/aromatic N) is 1. The third-order valence-electron chi connectivity index (χ3n) is 15.5. The summed E-state index contributed by atoms with van der Waals surface area (Å²) in [5, 5.41) is 7.46. The van der Waals surface area contributed by atoms with Crippen molar-refractivity contribution in [2.45, 2.75) is 5.41 Å². The fourth-order valence-corrected chi connectivity index (χ4v) is 12.3. The van der Waals surface area contributed by atoms with Crippen LogP contribution in [-0.4, -0.2) is 0 Å². The highest BCUT2D eigenvalue weighted by Crippen LogP contribution is 2.57. The molecule has 1 aliphatic carbocycles. The van der Waals surface area contributed by atoms with E-state index in [0.29, 0.717) is 0 Å². The zero-order chi connectivity index (χ0) is 49.0. The van der Waals surface area contributed by atoms with E-state index in [-0.39, 0.29) is 0 Å². The lowest BCUT2D eigenvalue weighted by atomic mass is 9.67. The second-order valence-corrected chi connectivity index (χ2v) is 19.5. The van der Waals surface area contributed by atoms with Crippen LogP contribution in [0.4, 0.5) is 17.1 Å². The van der Waals surface area contributed by atoms with Gasteiger partial charge in [-0.1, -0.05) is 255 Å². The predicted molar refractivity (Wildman–Crippen MR) is 313 cm³/mol. The highest BCUT2D eigenvalue weighted by molar-refractivity contribution is 6.22. The zero-order valence-electron chi connectivity index (χ0n) is 40.7. The van der Waals surface area contributed by atoms with E-state index < -0.39 is 5.41 Å². The van der Waals surface area contributed by atoms with E-state index in [9.17, 15) is 0 Å². The maximum atomic E-state index is 2.47. The maximum absolute atomic E-state index is 2.47. The van der Waals surface area contributed by atoms with Crippen molar-refractivity contribution in [2.75, 3.05) is 4.90 Å². The molecule has 0 fully saturated rings. The van der Waals surface area contributed by atoms with Gasteiger partial charge >= 0.3 is 0 Å². The molecule has 0 amide bonds. The smallest absolute Gasteiger partial charge is 0.0714 e. The van der Waals surface area contributed by atoms with Crippen LogP contribution in [0.3, 0.4) is 0 Å². The van der Waals surface area contributed by atoms with E-state index in [1.165, 1.54) is 99.1 Å². The van der Waals surface area contributed by atoms with Gasteiger partial charge in [0, 0.05) is 17.1 Å². The summed E-state index contributed by atoms with van der Waals surface area (Å²) in [6.07, 6.45) is 0. The van der Waals surface area contributed by atoms with Crippen LogP contribution in [0.5, 0.6) is 0 Å². The van der Waals surface area contributed by atoms with Gasteiger partial charge in [-0.15, -0.1) is 0 Å². The van der Waals surface area contributed by atoms with E-state index in [4.69, 9.17) is 0 Å². The van der Waals surface area contributed by atoms with E-state index in [0.717, 1.165) is 28.2 Å². The van der Waals surface area contributed by atoms with Crippen LogP contribution in [-0.2, 0) is 5.41 Å². The van der Waals surface area contributed by atoms with Crippen LogP contribution in [0.1, 0.15) is 22.3 Å². The molecule has 0 aromatic heterocycles. The number of hydrogen-bond acceptors (Lipinski definition) is 1. The Morgan fingerprint density at radius 1 is 0.230 bits per heavy atom. The first kappa shape index (κ1) is 43.2. The number of benzene rings is 13. The number of fused-ring (bicyclic) bond motifs is 7. The molecule has 346 valence electrons. The summed E-state index contributed by atoms with van der Waals surface area (Å²) in [5.74, 6) is 0.